The van der Waals surface area contributed by atoms with Crippen LogP contribution < -0.4 is 64.3 Å². The molecule has 1 unspecified atom stereocenters. The van der Waals surface area contributed by atoms with Gasteiger partial charge in [0.2, 0.25) is 17.7 Å². The van der Waals surface area contributed by atoms with Crippen molar-refractivity contribution in [3.63, 3.8) is 0 Å². The first kappa shape index (κ1) is 46.7. The number of nitrogens with one attached hydrogen (secondary N) is 7. The van der Waals surface area contributed by atoms with Gasteiger partial charge in [-0.05, 0) is 66.6 Å². The number of amides is 5. The van der Waals surface area contributed by atoms with Crippen molar-refractivity contribution < 1.29 is 29.0 Å². The molecule has 4 aromatic carbocycles. The summed E-state index contributed by atoms with van der Waals surface area (Å²) in [5.41, 5.74) is 12.9. The number of phenols is 1. The Morgan fingerprint density at radius 2 is 1.46 bits per heavy atom. The summed E-state index contributed by atoms with van der Waals surface area (Å²) in [6.07, 6.45) is 2.13. The number of aromatic hydroxyl groups is 1. The molecule has 0 aliphatic heterocycles. The smallest absolute Gasteiger partial charge is 0.321 e. The third kappa shape index (κ3) is 15.3. The molecule has 0 heterocycles. The molecule has 0 aliphatic carbocycles. The number of ether oxygens (including phenoxy) is 1. The third-order valence-electron chi connectivity index (χ3n) is 9.35. The number of aliphatic imine (C=N–C) groups is 1. The predicted molar refractivity (Wildman–Crippen MR) is 234 cm³/mol. The number of nitrogens with two attached hydrogens (primary N) is 2. The van der Waals surface area contributed by atoms with Crippen molar-refractivity contribution in [2.75, 3.05) is 56.5 Å². The molecule has 0 aromatic heterocycles. The minimum Gasteiger partial charge on any atom is -0.508 e. The second-order valence-electron chi connectivity index (χ2n) is 14.0. The highest BCUT2D eigenvalue weighted by Gasteiger charge is 2.28. The fraction of sp³-hybridized carbons (Fsp3) is 0.372. The molecule has 12 N–H and O–H groups in total. The molecule has 2 atom stereocenters. The molecule has 326 valence electrons. The van der Waals surface area contributed by atoms with Crippen LogP contribution in [0.4, 0.5) is 16.2 Å². The second-order valence-corrected chi connectivity index (χ2v) is 14.0. The van der Waals surface area contributed by atoms with Gasteiger partial charge >= 0.3 is 6.03 Å². The summed E-state index contributed by atoms with van der Waals surface area (Å²) >= 11 is 0. The zero-order valence-electron chi connectivity index (χ0n) is 34.3. The van der Waals surface area contributed by atoms with Crippen LogP contribution in [-0.2, 0) is 20.9 Å². The molecular formula is C43H56N10O8. The van der Waals surface area contributed by atoms with Crippen LogP contribution in [0.15, 0.2) is 93.4 Å². The summed E-state index contributed by atoms with van der Waals surface area (Å²) in [5.74, 6) is -1.31. The maximum Gasteiger partial charge on any atom is 0.321 e. The second kappa shape index (κ2) is 24.9. The summed E-state index contributed by atoms with van der Waals surface area (Å²) in [7, 11) is 0. The summed E-state index contributed by atoms with van der Waals surface area (Å²) in [6, 6.07) is 21.2. The Bertz CT molecular complexity index is 2140. The molecule has 18 nitrogen and oxygen atoms in total. The monoisotopic (exact) mass is 840 g/mol. The Balaban J connectivity index is 1.39. The van der Waals surface area contributed by atoms with Gasteiger partial charge in [-0.25, -0.2) is 4.79 Å². The fourth-order valence-corrected chi connectivity index (χ4v) is 6.13. The molecule has 0 fully saturated rings. The summed E-state index contributed by atoms with van der Waals surface area (Å²) in [4.78, 5) is 79.5. The van der Waals surface area contributed by atoms with E-state index >= 15 is 0 Å². The van der Waals surface area contributed by atoms with Crippen LogP contribution in [0.5, 0.6) is 11.5 Å². The summed E-state index contributed by atoms with van der Waals surface area (Å²) in [5, 5.41) is 29.0. The molecule has 0 spiro atoms. The van der Waals surface area contributed by atoms with Crippen LogP contribution in [0.1, 0.15) is 61.6 Å². The number of unbranched alkanes of at least 4 members (excludes halogenated alkanes) is 1. The molecule has 61 heavy (non-hydrogen) atoms. The Labute approximate surface area is 354 Å². The third-order valence-corrected chi connectivity index (χ3v) is 9.35. The number of carbonyl (C=O) groups excluding carboxylic acids is 4. The van der Waals surface area contributed by atoms with Crippen molar-refractivity contribution in [2.24, 2.45) is 16.5 Å². The summed E-state index contributed by atoms with van der Waals surface area (Å²) < 4.78 is 6.05. The highest BCUT2D eigenvalue weighted by Crippen LogP contribution is 2.28. The minimum absolute atomic E-state index is 0.0906. The van der Waals surface area contributed by atoms with Crippen LogP contribution in [0.2, 0.25) is 0 Å². The van der Waals surface area contributed by atoms with Crippen molar-refractivity contribution >= 4 is 41.1 Å². The lowest BCUT2D eigenvalue weighted by Crippen LogP contribution is -2.48. The van der Waals surface area contributed by atoms with E-state index in [1.54, 1.807) is 37.3 Å². The van der Waals surface area contributed by atoms with Crippen molar-refractivity contribution in [3.8, 4) is 11.5 Å². The van der Waals surface area contributed by atoms with Gasteiger partial charge in [0.15, 0.2) is 5.96 Å². The SMILES string of the molecule is CCC(=O)NCCNC(=O)NC(N)=NCCC[C@@H](NC(=O)C(c1ccccc1)c1cccc(OCCCCNc2c(NCCN)c(=O)c2=O)c1)C(=O)NCc1ccc(O)cc1. The minimum atomic E-state index is -0.980. The number of nitrogens with zero attached hydrogens (tertiary/aromatic N) is 1. The number of urea groups is 1. The van der Waals surface area contributed by atoms with Crippen LogP contribution in [0.3, 0.4) is 0 Å². The average molecular weight is 841 g/mol. The molecule has 0 saturated heterocycles. The van der Waals surface area contributed by atoms with Crippen LogP contribution in [-0.4, -0.2) is 86.7 Å². The zero-order chi connectivity index (χ0) is 44.0. The number of guanidine groups is 1. The maximum absolute atomic E-state index is 14.3. The van der Waals surface area contributed by atoms with E-state index in [-0.39, 0.29) is 61.6 Å². The van der Waals surface area contributed by atoms with Crippen LogP contribution in [0, 0.1) is 0 Å². The van der Waals surface area contributed by atoms with Gasteiger partial charge in [0, 0.05) is 52.2 Å². The highest BCUT2D eigenvalue weighted by molar-refractivity contribution is 5.95. The van der Waals surface area contributed by atoms with E-state index in [0.717, 1.165) is 5.56 Å². The van der Waals surface area contributed by atoms with Gasteiger partial charge in [0.1, 0.15) is 28.9 Å². The molecule has 0 bridgehead atoms. The maximum atomic E-state index is 14.3. The number of carbonyl (C=O) groups is 4. The lowest BCUT2D eigenvalue weighted by atomic mass is 9.90. The largest absolute Gasteiger partial charge is 0.508 e. The van der Waals surface area contributed by atoms with E-state index in [1.165, 1.54) is 12.1 Å². The topological polar surface area (TPSA) is 280 Å². The molecule has 0 aliphatic rings. The molecular weight excluding hydrogens is 785 g/mol. The summed E-state index contributed by atoms with van der Waals surface area (Å²) in [6.45, 7) is 3.99. The van der Waals surface area contributed by atoms with Crippen LogP contribution >= 0.6 is 0 Å². The first-order valence-electron chi connectivity index (χ1n) is 20.3. The molecule has 4 rings (SSSR count). The van der Waals surface area contributed by atoms with Gasteiger partial charge in [0.05, 0.1) is 12.5 Å². The Morgan fingerprint density at radius 3 is 2.16 bits per heavy atom. The van der Waals surface area contributed by atoms with Crippen molar-refractivity contribution in [1.29, 1.82) is 0 Å². The number of hydrogen-bond acceptors (Lipinski definition) is 12. The molecule has 4 aromatic rings. The van der Waals surface area contributed by atoms with Gasteiger partial charge in [-0.1, -0.05) is 61.5 Å². The van der Waals surface area contributed by atoms with Crippen LogP contribution in [0.25, 0.3) is 0 Å². The van der Waals surface area contributed by atoms with Gasteiger partial charge in [-0.2, -0.15) is 0 Å². The predicted octanol–water partition coefficient (Wildman–Crippen LogP) is 1.48. The highest BCUT2D eigenvalue weighted by atomic mass is 16.5. The fourth-order valence-electron chi connectivity index (χ4n) is 6.13. The van der Waals surface area contributed by atoms with Gasteiger partial charge in [-0.15, -0.1) is 0 Å². The Hall–Kier alpha value is -6.95. The zero-order valence-corrected chi connectivity index (χ0v) is 34.3. The van der Waals surface area contributed by atoms with Crippen molar-refractivity contribution in [3.05, 3.63) is 116 Å². The average Bonchev–Trinajstić information content (AvgIpc) is 3.26. The number of hydrogen-bond donors (Lipinski definition) is 10. The number of benzene rings is 3. The standard InChI is InChI=1S/C43H56N10O8/c1-2-34(55)46-23-24-50-43(60)53-42(45)49-21-9-14-33(40(58)51-27-28-15-17-31(54)18-16-28)52-41(59)35(29-10-4-3-5-11-29)30-12-8-13-32(26-30)61-25-7-6-20-47-36-37(48-22-19-44)39(57)38(36)56/h3-5,8,10-13,15-18,26,33,35,47-48,54H,2,6-7,9,14,19-25,27,44H2,1H3,(H,46,55)(H,51,58)(H,52,59)(H4,45,49,50,53,60)/t33-,35?/m1/s1. The molecule has 0 radical (unpaired) electrons. The quantitative estimate of drug-likeness (QED) is 0.0197. The van der Waals surface area contributed by atoms with E-state index in [4.69, 9.17) is 16.2 Å². The lowest BCUT2D eigenvalue weighted by molar-refractivity contribution is -0.129. The van der Waals surface area contributed by atoms with Crippen molar-refractivity contribution in [1.82, 2.24) is 26.6 Å². The van der Waals surface area contributed by atoms with Gasteiger partial charge < -0.3 is 53.2 Å². The normalized spacial score (nSPS) is 12.1. The Morgan fingerprint density at radius 1 is 0.770 bits per heavy atom. The molecule has 0 saturated carbocycles. The molecule has 18 heteroatoms. The first-order valence-corrected chi connectivity index (χ1v) is 20.3. The molecule has 5 amide bonds. The number of anilines is 2. The van der Waals surface area contributed by atoms with Gasteiger partial charge in [-0.3, -0.25) is 34.3 Å². The van der Waals surface area contributed by atoms with E-state index in [0.29, 0.717) is 68.8 Å². The van der Waals surface area contributed by atoms with Gasteiger partial charge in [0.25, 0.3) is 10.9 Å². The van der Waals surface area contributed by atoms with E-state index in [1.807, 2.05) is 36.4 Å². The first-order chi connectivity index (χ1) is 29.5. The van der Waals surface area contributed by atoms with E-state index in [9.17, 15) is 33.9 Å². The number of rotatable bonds is 25. The van der Waals surface area contributed by atoms with Crippen molar-refractivity contribution in [2.45, 2.75) is 57.5 Å². The lowest BCUT2D eigenvalue weighted by Gasteiger charge is -2.23. The number of phenolic OH excluding ortho intramolecular Hbond substituents is 1. The Kier molecular flexibility index (Phi) is 19.0. The van der Waals surface area contributed by atoms with E-state index in [2.05, 4.69) is 42.2 Å². The van der Waals surface area contributed by atoms with E-state index < -0.39 is 40.7 Å².